The minimum Gasteiger partial charge on any atom is -0.496 e. The van der Waals surface area contributed by atoms with Crippen molar-refractivity contribution >= 4 is 15.7 Å². The lowest BCUT2D eigenvalue weighted by Gasteiger charge is -2.24. The molecule has 1 aliphatic heterocycles. The lowest BCUT2D eigenvalue weighted by atomic mass is 10.0. The van der Waals surface area contributed by atoms with E-state index in [9.17, 15) is 8.42 Å². The van der Waals surface area contributed by atoms with Crippen LogP contribution in [0, 0.1) is 0 Å². The summed E-state index contributed by atoms with van der Waals surface area (Å²) in [5.41, 5.74) is 1.33. The molecule has 0 N–H and O–H groups in total. The number of ether oxygens (including phenoxy) is 1. The zero-order chi connectivity index (χ0) is 18.9. The number of hydrogen-bond donors (Lipinski definition) is 0. The number of nitrogens with zero attached hydrogens (tertiary/aromatic N) is 2. The number of hydrogen-bond acceptors (Lipinski definition) is 5. The molecule has 6 nitrogen and oxygen atoms in total. The molecule has 0 fully saturated rings. The SMILES string of the molecule is COc1ccccc1[C@H]1CC(c2ccco2)=NN1S(=O)(=O)c1ccccc1. The van der Waals surface area contributed by atoms with Crippen LogP contribution in [0.5, 0.6) is 5.75 Å². The van der Waals surface area contributed by atoms with Crippen LogP contribution >= 0.6 is 0 Å². The van der Waals surface area contributed by atoms with Gasteiger partial charge in [0.2, 0.25) is 0 Å². The van der Waals surface area contributed by atoms with E-state index in [1.54, 1.807) is 55.8 Å². The van der Waals surface area contributed by atoms with Gasteiger partial charge < -0.3 is 9.15 Å². The van der Waals surface area contributed by atoms with Gasteiger partial charge in [0.1, 0.15) is 17.2 Å². The van der Waals surface area contributed by atoms with Crippen LogP contribution in [-0.2, 0) is 10.0 Å². The average molecular weight is 382 g/mol. The fourth-order valence-corrected chi connectivity index (χ4v) is 4.62. The maximum atomic E-state index is 13.3. The van der Waals surface area contributed by atoms with E-state index < -0.39 is 16.1 Å². The van der Waals surface area contributed by atoms with Crippen LogP contribution in [0.15, 0.2) is 87.4 Å². The molecule has 7 heteroatoms. The Balaban J connectivity index is 1.83. The van der Waals surface area contributed by atoms with Crippen molar-refractivity contribution in [2.24, 2.45) is 5.10 Å². The van der Waals surface area contributed by atoms with E-state index >= 15 is 0 Å². The first kappa shape index (κ1) is 17.4. The maximum absolute atomic E-state index is 13.3. The molecule has 1 aliphatic rings. The molecule has 0 radical (unpaired) electrons. The molecule has 27 heavy (non-hydrogen) atoms. The number of benzene rings is 2. The summed E-state index contributed by atoms with van der Waals surface area (Å²) in [5.74, 6) is 1.17. The molecule has 2 heterocycles. The fraction of sp³-hybridized carbons (Fsp3) is 0.150. The topological polar surface area (TPSA) is 72.1 Å². The van der Waals surface area contributed by atoms with Gasteiger partial charge in [-0.05, 0) is 30.3 Å². The molecular weight excluding hydrogens is 364 g/mol. The van der Waals surface area contributed by atoms with Gasteiger partial charge in [-0.15, -0.1) is 0 Å². The zero-order valence-corrected chi connectivity index (χ0v) is 15.5. The van der Waals surface area contributed by atoms with Crippen LogP contribution in [0.2, 0.25) is 0 Å². The smallest absolute Gasteiger partial charge is 0.279 e. The van der Waals surface area contributed by atoms with Crippen molar-refractivity contribution < 1.29 is 17.6 Å². The van der Waals surface area contributed by atoms with E-state index in [1.807, 2.05) is 24.3 Å². The second kappa shape index (κ2) is 6.92. The lowest BCUT2D eigenvalue weighted by Crippen LogP contribution is -2.27. The van der Waals surface area contributed by atoms with E-state index in [2.05, 4.69) is 5.10 Å². The van der Waals surface area contributed by atoms with Crippen LogP contribution in [0.4, 0.5) is 0 Å². The Hall–Kier alpha value is -3.06. The predicted molar refractivity (Wildman–Crippen MR) is 101 cm³/mol. The molecule has 0 bridgehead atoms. The first-order valence-corrected chi connectivity index (χ1v) is 9.89. The average Bonchev–Trinajstić information content (AvgIpc) is 3.38. The summed E-state index contributed by atoms with van der Waals surface area (Å²) in [7, 11) is -2.27. The molecular formula is C20H18N2O4S. The Labute approximate surface area is 157 Å². The molecule has 3 aromatic rings. The number of furan rings is 1. The van der Waals surface area contributed by atoms with Crippen molar-refractivity contribution in [3.8, 4) is 5.75 Å². The Morgan fingerprint density at radius 1 is 1.04 bits per heavy atom. The summed E-state index contributed by atoms with van der Waals surface area (Å²) in [4.78, 5) is 0.189. The number of rotatable bonds is 5. The highest BCUT2D eigenvalue weighted by molar-refractivity contribution is 7.89. The monoisotopic (exact) mass is 382 g/mol. The summed E-state index contributed by atoms with van der Waals surface area (Å²) < 4.78 is 38.6. The third kappa shape index (κ3) is 3.10. The zero-order valence-electron chi connectivity index (χ0n) is 14.6. The van der Waals surface area contributed by atoms with Gasteiger partial charge in [0, 0.05) is 12.0 Å². The molecule has 0 saturated carbocycles. The van der Waals surface area contributed by atoms with Crippen LogP contribution in [0.1, 0.15) is 23.8 Å². The van der Waals surface area contributed by atoms with Gasteiger partial charge in [0.15, 0.2) is 0 Å². The van der Waals surface area contributed by atoms with E-state index in [1.165, 1.54) is 0 Å². The van der Waals surface area contributed by atoms with Gasteiger partial charge in [0.25, 0.3) is 10.0 Å². The van der Waals surface area contributed by atoms with Crippen molar-refractivity contribution in [2.75, 3.05) is 7.11 Å². The van der Waals surface area contributed by atoms with Crippen LogP contribution < -0.4 is 4.74 Å². The molecule has 0 amide bonds. The third-order valence-electron chi connectivity index (χ3n) is 4.46. The molecule has 0 aliphatic carbocycles. The Morgan fingerprint density at radius 2 is 1.78 bits per heavy atom. The molecule has 1 atom stereocenters. The second-order valence-corrected chi connectivity index (χ2v) is 7.87. The number of methoxy groups -OCH3 is 1. The minimum absolute atomic E-state index is 0.189. The first-order valence-electron chi connectivity index (χ1n) is 8.45. The van der Waals surface area contributed by atoms with Crippen molar-refractivity contribution in [3.05, 3.63) is 84.3 Å². The Morgan fingerprint density at radius 3 is 2.48 bits per heavy atom. The Bertz CT molecular complexity index is 1060. The van der Waals surface area contributed by atoms with E-state index in [4.69, 9.17) is 9.15 Å². The van der Waals surface area contributed by atoms with Gasteiger partial charge in [0.05, 0.1) is 24.3 Å². The fourth-order valence-electron chi connectivity index (χ4n) is 3.18. The van der Waals surface area contributed by atoms with Gasteiger partial charge in [-0.2, -0.15) is 17.9 Å². The van der Waals surface area contributed by atoms with E-state index in [-0.39, 0.29) is 4.90 Å². The number of hydrazone groups is 1. The largest absolute Gasteiger partial charge is 0.496 e. The lowest BCUT2D eigenvalue weighted by molar-refractivity contribution is 0.350. The van der Waals surface area contributed by atoms with Gasteiger partial charge in [-0.25, -0.2) is 0 Å². The van der Waals surface area contributed by atoms with E-state index in [0.717, 1.165) is 9.98 Å². The van der Waals surface area contributed by atoms with Crippen LogP contribution in [-0.4, -0.2) is 25.7 Å². The van der Waals surface area contributed by atoms with Crippen molar-refractivity contribution in [3.63, 3.8) is 0 Å². The highest BCUT2D eigenvalue weighted by Gasteiger charge is 2.39. The molecule has 0 unspecified atom stereocenters. The standard InChI is InChI=1S/C20H18N2O4S/c1-25-19-11-6-5-10-16(19)18-14-17(20-12-7-13-26-20)21-22(18)27(23,24)15-8-3-2-4-9-15/h2-13,18H,14H2,1H3/t18-/m1/s1. The summed E-state index contributed by atoms with van der Waals surface area (Å²) in [6.45, 7) is 0. The Kier molecular flexibility index (Phi) is 4.45. The summed E-state index contributed by atoms with van der Waals surface area (Å²) in [5, 5.41) is 4.42. The minimum atomic E-state index is -3.84. The highest BCUT2D eigenvalue weighted by atomic mass is 32.2. The molecule has 0 saturated heterocycles. The first-order chi connectivity index (χ1) is 13.1. The number of para-hydroxylation sites is 1. The highest BCUT2D eigenvalue weighted by Crippen LogP contribution is 2.40. The van der Waals surface area contributed by atoms with Crippen LogP contribution in [0.3, 0.4) is 0 Å². The second-order valence-electron chi connectivity index (χ2n) is 6.08. The molecule has 0 spiro atoms. The van der Waals surface area contributed by atoms with E-state index in [0.29, 0.717) is 23.6 Å². The van der Waals surface area contributed by atoms with Gasteiger partial charge >= 0.3 is 0 Å². The van der Waals surface area contributed by atoms with Gasteiger partial charge in [-0.3, -0.25) is 0 Å². The van der Waals surface area contributed by atoms with Crippen molar-refractivity contribution in [1.82, 2.24) is 4.41 Å². The molecule has 1 aromatic heterocycles. The molecule has 138 valence electrons. The molecule has 4 rings (SSSR count). The van der Waals surface area contributed by atoms with Crippen molar-refractivity contribution in [2.45, 2.75) is 17.4 Å². The van der Waals surface area contributed by atoms with Crippen molar-refractivity contribution in [1.29, 1.82) is 0 Å². The predicted octanol–water partition coefficient (Wildman–Crippen LogP) is 3.83. The summed E-state index contributed by atoms with van der Waals surface area (Å²) in [6.07, 6.45) is 1.93. The molecule has 2 aromatic carbocycles. The maximum Gasteiger partial charge on any atom is 0.279 e. The van der Waals surface area contributed by atoms with Crippen LogP contribution in [0.25, 0.3) is 0 Å². The number of sulfonamides is 1. The normalized spacial score (nSPS) is 17.0. The third-order valence-corrected chi connectivity index (χ3v) is 6.16. The van der Waals surface area contributed by atoms with Gasteiger partial charge in [-0.1, -0.05) is 36.4 Å². The summed E-state index contributed by atoms with van der Waals surface area (Å²) >= 11 is 0. The quantitative estimate of drug-likeness (QED) is 0.672. The summed E-state index contributed by atoms with van der Waals surface area (Å²) in [6, 6.07) is 18.7.